The van der Waals surface area contributed by atoms with Gasteiger partial charge in [0.15, 0.2) is 5.82 Å². The summed E-state index contributed by atoms with van der Waals surface area (Å²) in [6.45, 7) is 3.57. The van der Waals surface area contributed by atoms with Crippen LogP contribution in [-0.2, 0) is 7.05 Å². The summed E-state index contributed by atoms with van der Waals surface area (Å²) in [7, 11) is 1.64. The molecule has 3 heterocycles. The quantitative estimate of drug-likeness (QED) is 0.730. The molecule has 0 fully saturated rings. The molecule has 1 N–H and O–H groups in total. The van der Waals surface area contributed by atoms with Gasteiger partial charge >= 0.3 is 0 Å². The van der Waals surface area contributed by atoms with E-state index in [1.54, 1.807) is 49.4 Å². The van der Waals surface area contributed by atoms with Gasteiger partial charge in [-0.15, -0.1) is 0 Å². The number of anilines is 1. The summed E-state index contributed by atoms with van der Waals surface area (Å²) in [6.07, 6.45) is 4.96. The molecule has 1 amide bonds. The van der Waals surface area contributed by atoms with Crippen molar-refractivity contribution >= 4 is 27.5 Å². The number of hydrogen-bond donors (Lipinski definition) is 1. The molecule has 0 spiro atoms. The molecule has 0 radical (unpaired) electrons. The minimum Gasteiger partial charge on any atom is -0.319 e. The number of nitrogens with zero attached hydrogens (tertiary/aromatic N) is 4. The maximum absolute atomic E-state index is 12.7. The predicted molar refractivity (Wildman–Crippen MR) is 98.2 cm³/mol. The van der Waals surface area contributed by atoms with Gasteiger partial charge in [-0.25, -0.2) is 9.67 Å². The first-order chi connectivity index (χ1) is 11.9. The van der Waals surface area contributed by atoms with Crippen LogP contribution in [0.4, 0.5) is 5.69 Å². The molecule has 3 aromatic heterocycles. The maximum Gasteiger partial charge on any atom is 0.263 e. The average Bonchev–Trinajstić information content (AvgIpc) is 2.99. The van der Waals surface area contributed by atoms with E-state index in [1.807, 2.05) is 13.0 Å². The lowest BCUT2D eigenvalue weighted by Gasteiger charge is -2.13. The third-order valence-electron chi connectivity index (χ3n) is 3.90. The van der Waals surface area contributed by atoms with Crippen LogP contribution in [0.1, 0.15) is 21.6 Å². The number of amides is 1. The fraction of sp³-hybridized carbons (Fsp3) is 0.176. The first-order valence-corrected chi connectivity index (χ1v) is 8.32. The molecule has 0 aliphatic rings. The summed E-state index contributed by atoms with van der Waals surface area (Å²) in [5, 5.41) is 6.95. The molecule has 0 aromatic carbocycles. The number of nitrogens with one attached hydrogen (secondary N) is 1. The highest BCUT2D eigenvalue weighted by Crippen LogP contribution is 2.19. The molecular weight excluding hydrogens is 386 g/mol. The molecule has 7 nitrogen and oxygen atoms in total. The van der Waals surface area contributed by atoms with Gasteiger partial charge in [-0.2, -0.15) is 5.10 Å². The van der Waals surface area contributed by atoms with E-state index in [0.717, 1.165) is 10.2 Å². The zero-order chi connectivity index (χ0) is 18.1. The van der Waals surface area contributed by atoms with Crippen LogP contribution in [0, 0.1) is 13.8 Å². The van der Waals surface area contributed by atoms with Gasteiger partial charge in [-0.05, 0) is 53.5 Å². The van der Waals surface area contributed by atoms with Crippen molar-refractivity contribution in [1.29, 1.82) is 0 Å². The molecule has 8 heteroatoms. The van der Waals surface area contributed by atoms with Gasteiger partial charge in [0, 0.05) is 25.1 Å². The Morgan fingerprint density at radius 3 is 2.76 bits per heavy atom. The van der Waals surface area contributed by atoms with E-state index in [4.69, 9.17) is 0 Å². The summed E-state index contributed by atoms with van der Waals surface area (Å²) >= 11 is 3.33. The molecule has 0 unspecified atom stereocenters. The Bertz CT molecular complexity index is 1020. The second-order valence-electron chi connectivity index (χ2n) is 5.64. The number of rotatable bonds is 3. The fourth-order valence-corrected chi connectivity index (χ4v) is 2.82. The van der Waals surface area contributed by atoms with Crippen molar-refractivity contribution in [2.75, 3.05) is 5.32 Å². The Balaban J connectivity index is 2.01. The molecule has 128 valence electrons. The van der Waals surface area contributed by atoms with E-state index in [2.05, 4.69) is 31.3 Å². The number of aryl methyl sites for hydroxylation is 2. The Morgan fingerprint density at radius 1 is 1.32 bits per heavy atom. The van der Waals surface area contributed by atoms with Crippen LogP contribution in [0.15, 0.2) is 46.1 Å². The summed E-state index contributed by atoms with van der Waals surface area (Å²) in [4.78, 5) is 29.4. The number of halogens is 1. The third-order valence-corrected chi connectivity index (χ3v) is 4.31. The minimum absolute atomic E-state index is 0.115. The van der Waals surface area contributed by atoms with Crippen molar-refractivity contribution in [3.05, 3.63) is 68.4 Å². The summed E-state index contributed by atoms with van der Waals surface area (Å²) in [5.41, 5.74) is 1.67. The Labute approximate surface area is 152 Å². The van der Waals surface area contributed by atoms with E-state index in [-0.39, 0.29) is 11.1 Å². The van der Waals surface area contributed by atoms with Crippen molar-refractivity contribution in [2.45, 2.75) is 13.8 Å². The molecule has 0 saturated carbocycles. The van der Waals surface area contributed by atoms with Crippen LogP contribution in [0.25, 0.3) is 5.82 Å². The number of carbonyl (C=O) groups is 1. The van der Waals surface area contributed by atoms with Crippen molar-refractivity contribution in [3.63, 3.8) is 0 Å². The maximum atomic E-state index is 12.7. The molecule has 3 rings (SSSR count). The van der Waals surface area contributed by atoms with Gasteiger partial charge in [0.1, 0.15) is 5.56 Å². The van der Waals surface area contributed by atoms with Crippen LogP contribution in [0.5, 0.6) is 0 Å². The summed E-state index contributed by atoms with van der Waals surface area (Å²) in [6, 6.07) is 5.23. The van der Waals surface area contributed by atoms with E-state index in [1.165, 1.54) is 4.57 Å². The standard InChI is InChI=1S/C17H16BrN5O2/c1-10-7-11(2)22(3)17(25)14(10)16(24)21-13-5-4-6-19-15(13)23-9-12(18)8-20-23/h4-9H,1-3H3,(H,21,24). The number of aromatic nitrogens is 4. The second kappa shape index (κ2) is 6.64. The SMILES string of the molecule is Cc1cc(C)n(C)c(=O)c1C(=O)Nc1cccnc1-n1cc(Br)cn1. The van der Waals surface area contributed by atoms with Gasteiger partial charge in [0.05, 0.1) is 16.4 Å². The minimum atomic E-state index is -0.474. The monoisotopic (exact) mass is 401 g/mol. The third kappa shape index (κ3) is 3.25. The van der Waals surface area contributed by atoms with E-state index >= 15 is 0 Å². The van der Waals surface area contributed by atoms with E-state index in [0.29, 0.717) is 17.1 Å². The molecular formula is C17H16BrN5O2. The van der Waals surface area contributed by atoms with Gasteiger partial charge in [-0.3, -0.25) is 9.59 Å². The van der Waals surface area contributed by atoms with Crippen molar-refractivity contribution in [2.24, 2.45) is 7.05 Å². The largest absolute Gasteiger partial charge is 0.319 e. The normalized spacial score (nSPS) is 10.7. The van der Waals surface area contributed by atoms with Crippen LogP contribution in [0.2, 0.25) is 0 Å². The molecule has 0 saturated heterocycles. The van der Waals surface area contributed by atoms with Crippen molar-refractivity contribution in [3.8, 4) is 5.82 Å². The van der Waals surface area contributed by atoms with Crippen LogP contribution in [0.3, 0.4) is 0 Å². The molecule has 3 aromatic rings. The van der Waals surface area contributed by atoms with Crippen molar-refractivity contribution in [1.82, 2.24) is 19.3 Å². The van der Waals surface area contributed by atoms with Crippen LogP contribution < -0.4 is 10.9 Å². The lowest BCUT2D eigenvalue weighted by Crippen LogP contribution is -2.30. The van der Waals surface area contributed by atoms with Gasteiger partial charge in [-0.1, -0.05) is 0 Å². The first-order valence-electron chi connectivity index (χ1n) is 7.52. The number of pyridine rings is 2. The second-order valence-corrected chi connectivity index (χ2v) is 6.56. The topological polar surface area (TPSA) is 81.8 Å². The highest BCUT2D eigenvalue weighted by molar-refractivity contribution is 9.10. The van der Waals surface area contributed by atoms with Gasteiger partial charge in [0.25, 0.3) is 11.5 Å². The highest BCUT2D eigenvalue weighted by Gasteiger charge is 2.18. The van der Waals surface area contributed by atoms with Gasteiger partial charge in [0.2, 0.25) is 0 Å². The lowest BCUT2D eigenvalue weighted by molar-refractivity contribution is 0.102. The number of carbonyl (C=O) groups excluding carboxylic acids is 1. The van der Waals surface area contributed by atoms with E-state index < -0.39 is 5.91 Å². The first kappa shape index (κ1) is 17.1. The van der Waals surface area contributed by atoms with Crippen LogP contribution >= 0.6 is 15.9 Å². The highest BCUT2D eigenvalue weighted by atomic mass is 79.9. The Hall–Kier alpha value is -2.74. The van der Waals surface area contributed by atoms with Crippen LogP contribution in [-0.4, -0.2) is 25.2 Å². The molecule has 0 aliphatic carbocycles. The predicted octanol–water partition coefficient (Wildman–Crippen LogP) is 2.60. The van der Waals surface area contributed by atoms with E-state index in [9.17, 15) is 9.59 Å². The van der Waals surface area contributed by atoms with Gasteiger partial charge < -0.3 is 9.88 Å². The zero-order valence-corrected chi connectivity index (χ0v) is 15.5. The van der Waals surface area contributed by atoms with Crippen molar-refractivity contribution < 1.29 is 4.79 Å². The number of hydrogen-bond acceptors (Lipinski definition) is 4. The summed E-state index contributed by atoms with van der Waals surface area (Å²) < 4.78 is 3.79. The Kier molecular flexibility index (Phi) is 4.54. The zero-order valence-electron chi connectivity index (χ0n) is 13.9. The molecule has 0 bridgehead atoms. The molecule has 0 atom stereocenters. The summed E-state index contributed by atoms with van der Waals surface area (Å²) in [5.74, 6) is -0.0123. The molecule has 0 aliphatic heterocycles. The Morgan fingerprint density at radius 2 is 2.08 bits per heavy atom. The molecule has 25 heavy (non-hydrogen) atoms. The fourth-order valence-electron chi connectivity index (χ4n) is 2.53. The lowest BCUT2D eigenvalue weighted by atomic mass is 10.1. The average molecular weight is 402 g/mol. The smallest absolute Gasteiger partial charge is 0.263 e.